The summed E-state index contributed by atoms with van der Waals surface area (Å²) in [5.41, 5.74) is 8.15. The van der Waals surface area contributed by atoms with Gasteiger partial charge >= 0.3 is 0 Å². The Bertz CT molecular complexity index is 1340. The number of nitrogens with zero attached hydrogens (tertiary/aromatic N) is 1. The predicted octanol–water partition coefficient (Wildman–Crippen LogP) is 7.09. The molecule has 2 aromatic carbocycles. The fraction of sp³-hybridized carbons (Fsp3) is 0.242. The minimum Gasteiger partial charge on any atom is -0.486 e. The molecule has 4 nitrogen and oxygen atoms in total. The van der Waals surface area contributed by atoms with Crippen LogP contribution in [0.1, 0.15) is 30.7 Å². The van der Waals surface area contributed by atoms with Crippen molar-refractivity contribution in [2.24, 2.45) is 0 Å². The van der Waals surface area contributed by atoms with Crippen LogP contribution in [0.3, 0.4) is 0 Å². The summed E-state index contributed by atoms with van der Waals surface area (Å²) in [5, 5.41) is 0. The number of hydrogen-bond acceptors (Lipinski definition) is 4. The summed E-state index contributed by atoms with van der Waals surface area (Å²) in [7, 11) is 0. The van der Waals surface area contributed by atoms with Crippen LogP contribution in [0.4, 0.5) is 5.69 Å². The molecule has 37 heavy (non-hydrogen) atoms. The van der Waals surface area contributed by atoms with Gasteiger partial charge in [-0.3, -0.25) is 0 Å². The van der Waals surface area contributed by atoms with Gasteiger partial charge in [-0.15, -0.1) is 0 Å². The molecule has 2 aliphatic heterocycles. The van der Waals surface area contributed by atoms with Gasteiger partial charge in [-0.2, -0.15) is 0 Å². The molecule has 4 heteroatoms. The maximum absolute atomic E-state index is 6.42. The zero-order chi connectivity index (χ0) is 24.9. The largest absolute Gasteiger partial charge is 0.486 e. The van der Waals surface area contributed by atoms with Crippen molar-refractivity contribution in [1.82, 2.24) is 0 Å². The van der Waals surface area contributed by atoms with E-state index in [-0.39, 0.29) is 6.10 Å². The maximum Gasteiger partial charge on any atom is 0.165 e. The fourth-order valence-electron chi connectivity index (χ4n) is 5.18. The van der Waals surface area contributed by atoms with Crippen LogP contribution in [0.15, 0.2) is 137 Å². The van der Waals surface area contributed by atoms with Crippen LogP contribution in [0.2, 0.25) is 0 Å². The Labute approximate surface area is 218 Å². The van der Waals surface area contributed by atoms with Gasteiger partial charge in [-0.05, 0) is 91.0 Å². The molecule has 0 radical (unpaired) electrons. The number of para-hydroxylation sites is 1. The summed E-state index contributed by atoms with van der Waals surface area (Å²) in [4.78, 5) is 2.24. The van der Waals surface area contributed by atoms with Crippen molar-refractivity contribution in [1.29, 1.82) is 0 Å². The summed E-state index contributed by atoms with van der Waals surface area (Å²) in [6, 6.07) is 21.1. The molecule has 0 aromatic heterocycles. The molecule has 4 aliphatic rings. The molecule has 2 atom stereocenters. The Balaban J connectivity index is 1.18. The van der Waals surface area contributed by atoms with Gasteiger partial charge in [-0.25, -0.2) is 0 Å². The van der Waals surface area contributed by atoms with Crippen molar-refractivity contribution in [3.8, 4) is 0 Å². The zero-order valence-corrected chi connectivity index (χ0v) is 20.9. The average Bonchev–Trinajstić information content (AvgIpc) is 3.33. The molecule has 2 aliphatic carbocycles. The summed E-state index contributed by atoms with van der Waals surface area (Å²) < 4.78 is 18.7. The number of hydrogen-bond donors (Lipinski definition) is 0. The standard InChI is InChI=1S/C33H31NO3/c1-3-8-26(9-4-1)27-14-15-28-22-31(12-7-13-33(28)35-19-18-27)37-32-17-16-30-20-25(21-32)23-34(24-36-30)29-10-5-2-6-11-29/h1-12,16-17,20-22,27,30H,14-15,18-19,23-24H2. The van der Waals surface area contributed by atoms with E-state index in [0.717, 1.165) is 54.3 Å². The van der Waals surface area contributed by atoms with Gasteiger partial charge in [-0.1, -0.05) is 54.3 Å². The number of ether oxygens (including phenoxy) is 3. The summed E-state index contributed by atoms with van der Waals surface area (Å²) in [6.07, 6.45) is 17.2. The lowest BCUT2D eigenvalue weighted by molar-refractivity contribution is 0.120. The Hall–Kier alpha value is -3.98. The van der Waals surface area contributed by atoms with E-state index in [1.165, 1.54) is 11.1 Å². The average molecular weight is 490 g/mol. The molecule has 2 unspecified atom stereocenters. The van der Waals surface area contributed by atoms with Gasteiger partial charge < -0.3 is 19.1 Å². The minimum atomic E-state index is -0.0791. The lowest BCUT2D eigenvalue weighted by Crippen LogP contribution is -2.27. The Morgan fingerprint density at radius 3 is 2.62 bits per heavy atom. The molecule has 2 bridgehead atoms. The van der Waals surface area contributed by atoms with Gasteiger partial charge in [0.25, 0.3) is 0 Å². The quantitative estimate of drug-likeness (QED) is 0.429. The summed E-state index contributed by atoms with van der Waals surface area (Å²) >= 11 is 0. The lowest BCUT2D eigenvalue weighted by atomic mass is 9.88. The monoisotopic (exact) mass is 489 g/mol. The predicted molar refractivity (Wildman–Crippen MR) is 147 cm³/mol. The van der Waals surface area contributed by atoms with Crippen LogP contribution >= 0.6 is 0 Å². The van der Waals surface area contributed by atoms with Crippen LogP contribution in [-0.4, -0.2) is 26.0 Å². The maximum atomic E-state index is 6.42. The highest BCUT2D eigenvalue weighted by atomic mass is 16.5. The van der Waals surface area contributed by atoms with Crippen molar-refractivity contribution < 1.29 is 14.2 Å². The van der Waals surface area contributed by atoms with Crippen molar-refractivity contribution >= 4 is 5.69 Å². The van der Waals surface area contributed by atoms with Crippen LogP contribution < -0.4 is 4.90 Å². The second kappa shape index (κ2) is 11.0. The Morgan fingerprint density at radius 2 is 1.76 bits per heavy atom. The van der Waals surface area contributed by atoms with E-state index in [4.69, 9.17) is 14.2 Å². The number of fused-ring (bicyclic) bond motifs is 2. The van der Waals surface area contributed by atoms with E-state index in [1.54, 1.807) is 0 Å². The molecule has 6 rings (SSSR count). The number of rotatable bonds is 4. The first-order chi connectivity index (χ1) is 18.3. The molecule has 186 valence electrons. The van der Waals surface area contributed by atoms with Gasteiger partial charge in [0, 0.05) is 17.8 Å². The van der Waals surface area contributed by atoms with Crippen LogP contribution in [0, 0.1) is 0 Å². The second-order valence-corrected chi connectivity index (χ2v) is 9.71. The van der Waals surface area contributed by atoms with Gasteiger partial charge in [0.2, 0.25) is 0 Å². The van der Waals surface area contributed by atoms with E-state index in [2.05, 4.69) is 89.5 Å². The summed E-state index contributed by atoms with van der Waals surface area (Å²) in [6.45, 7) is 1.99. The van der Waals surface area contributed by atoms with Crippen LogP contribution in [-0.2, 0) is 14.2 Å². The van der Waals surface area contributed by atoms with Gasteiger partial charge in [0.05, 0.1) is 12.7 Å². The third-order valence-electron chi connectivity index (χ3n) is 7.13. The van der Waals surface area contributed by atoms with Gasteiger partial charge in [0.15, 0.2) is 5.76 Å². The highest BCUT2D eigenvalue weighted by Crippen LogP contribution is 2.33. The van der Waals surface area contributed by atoms with E-state index in [9.17, 15) is 0 Å². The molecule has 2 heterocycles. The van der Waals surface area contributed by atoms with Crippen molar-refractivity contribution in [2.75, 3.05) is 24.8 Å². The Kier molecular flexibility index (Phi) is 6.94. The third kappa shape index (κ3) is 5.72. The number of anilines is 1. The smallest absolute Gasteiger partial charge is 0.165 e. The normalized spacial score (nSPS) is 23.2. The van der Waals surface area contributed by atoms with E-state index >= 15 is 0 Å². The second-order valence-electron chi connectivity index (χ2n) is 9.71. The van der Waals surface area contributed by atoms with Crippen molar-refractivity contribution in [2.45, 2.75) is 31.3 Å². The number of allylic oxidation sites excluding steroid dienone is 4. The Morgan fingerprint density at radius 1 is 0.919 bits per heavy atom. The highest BCUT2D eigenvalue weighted by molar-refractivity contribution is 5.50. The molecule has 1 fully saturated rings. The molecule has 2 aromatic rings. The highest BCUT2D eigenvalue weighted by Gasteiger charge is 2.21. The SMILES string of the molecule is C1=CC=C(OC2=CC3=CC(C=C2)OCN(c2ccccc2)C3)C=C2CCC(c3ccccc3)CCOC=12. The van der Waals surface area contributed by atoms with Crippen LogP contribution in [0.5, 0.6) is 0 Å². The minimum absolute atomic E-state index is 0.0791. The van der Waals surface area contributed by atoms with E-state index < -0.39 is 0 Å². The van der Waals surface area contributed by atoms with Gasteiger partial charge in [0.1, 0.15) is 18.2 Å². The lowest BCUT2D eigenvalue weighted by Gasteiger charge is -2.24. The first-order valence-corrected chi connectivity index (χ1v) is 13.1. The van der Waals surface area contributed by atoms with Crippen LogP contribution in [0.25, 0.3) is 0 Å². The third-order valence-corrected chi connectivity index (χ3v) is 7.13. The summed E-state index contributed by atoms with van der Waals surface area (Å²) in [5.74, 6) is 2.89. The molecule has 0 N–H and O–H groups in total. The van der Waals surface area contributed by atoms with Crippen molar-refractivity contribution in [3.05, 3.63) is 143 Å². The molecule has 0 amide bonds. The first-order valence-electron chi connectivity index (χ1n) is 13.1. The first kappa shape index (κ1) is 23.4. The topological polar surface area (TPSA) is 30.9 Å². The van der Waals surface area contributed by atoms with Crippen molar-refractivity contribution in [3.63, 3.8) is 0 Å². The fourth-order valence-corrected chi connectivity index (χ4v) is 5.18. The van der Waals surface area contributed by atoms with E-state index in [1.807, 2.05) is 24.3 Å². The van der Waals surface area contributed by atoms with E-state index in [0.29, 0.717) is 19.3 Å². The molecular weight excluding hydrogens is 458 g/mol. The zero-order valence-electron chi connectivity index (χ0n) is 20.9. The molecule has 0 spiro atoms. The number of benzene rings is 2. The molecule has 1 saturated heterocycles. The molecular formula is C33H31NO3. The molecule has 0 saturated carbocycles.